The number of aliphatic hydroxyl groups excluding tert-OH is 1. The molecule has 176 valence electrons. The summed E-state index contributed by atoms with van der Waals surface area (Å²) in [5, 5.41) is 29.9. The summed E-state index contributed by atoms with van der Waals surface area (Å²) < 4.78 is 0. The molecule has 1 aromatic rings. The number of hydrogen-bond acceptors (Lipinski definition) is 6. The quantitative estimate of drug-likeness (QED) is 0.0911. The summed E-state index contributed by atoms with van der Waals surface area (Å²) in [4.78, 5) is 39.5. The number of carbonyl (C=O) groups is 3. The first-order valence-electron chi connectivity index (χ1n) is 10.9. The first kappa shape index (κ1) is 25.8. The average molecular weight is 453 g/mol. The monoisotopic (exact) mass is 452 g/mol. The van der Waals surface area contributed by atoms with Gasteiger partial charge in [-0.25, -0.2) is 0 Å². The number of rotatable bonds is 8. The van der Waals surface area contributed by atoms with Crippen LogP contribution in [0.1, 0.15) is 65.9 Å². The highest BCUT2D eigenvalue weighted by Crippen LogP contribution is 2.43. The van der Waals surface area contributed by atoms with E-state index < -0.39 is 45.6 Å². The van der Waals surface area contributed by atoms with Crippen molar-refractivity contribution in [3.63, 3.8) is 0 Å². The van der Waals surface area contributed by atoms with Crippen molar-refractivity contribution in [1.29, 1.82) is 0 Å². The Morgan fingerprint density at radius 1 is 0.848 bits per heavy atom. The molecular weight excluding hydrogens is 420 g/mol. The molecule has 6 heteroatoms. The molecule has 0 heterocycles. The smallest absolute Gasteiger partial charge is 0.237 e. The number of Topliss-reactive ketones (excluding diaryl/α,β-unsaturated/α-hetero) is 3. The molecule has 3 N–H and O–H groups in total. The predicted molar refractivity (Wildman–Crippen MR) is 128 cm³/mol. The fraction of sp³-hybridized carbons (Fsp3) is 0.370. The van der Waals surface area contributed by atoms with Gasteiger partial charge in [0.1, 0.15) is 16.7 Å². The van der Waals surface area contributed by atoms with Crippen LogP contribution < -0.4 is 0 Å². The van der Waals surface area contributed by atoms with E-state index in [2.05, 4.69) is 6.08 Å². The second-order valence-electron chi connectivity index (χ2n) is 9.06. The number of ketones is 3. The van der Waals surface area contributed by atoms with Crippen molar-refractivity contribution < 1.29 is 29.7 Å². The summed E-state index contributed by atoms with van der Waals surface area (Å²) in [5.41, 5.74) is 0.872. The van der Waals surface area contributed by atoms with E-state index in [1.54, 1.807) is 6.08 Å². The number of aromatic hydroxyl groups is 2. The first-order valence-corrected chi connectivity index (χ1v) is 10.9. The summed E-state index contributed by atoms with van der Waals surface area (Å²) in [7, 11) is 0. The number of phenols is 2. The van der Waals surface area contributed by atoms with Crippen molar-refractivity contribution in [1.82, 2.24) is 0 Å². The van der Waals surface area contributed by atoms with Gasteiger partial charge in [-0.15, -0.1) is 0 Å². The van der Waals surface area contributed by atoms with E-state index in [1.165, 1.54) is 11.6 Å². The van der Waals surface area contributed by atoms with E-state index in [9.17, 15) is 29.7 Å². The van der Waals surface area contributed by atoms with Crippen LogP contribution in [0.3, 0.4) is 0 Å². The Hall–Kier alpha value is -3.41. The maximum absolute atomic E-state index is 13.5. The second-order valence-corrected chi connectivity index (χ2v) is 9.06. The summed E-state index contributed by atoms with van der Waals surface area (Å²) in [6.45, 7) is 9.64. The van der Waals surface area contributed by atoms with Gasteiger partial charge in [-0.1, -0.05) is 34.9 Å². The minimum atomic E-state index is -1.62. The maximum Gasteiger partial charge on any atom is 0.237 e. The van der Waals surface area contributed by atoms with Crippen LogP contribution in [0.2, 0.25) is 0 Å². The zero-order valence-electron chi connectivity index (χ0n) is 19.9. The highest BCUT2D eigenvalue weighted by atomic mass is 16.3. The van der Waals surface area contributed by atoms with E-state index in [0.29, 0.717) is 0 Å². The third-order valence-corrected chi connectivity index (χ3v) is 5.76. The van der Waals surface area contributed by atoms with Crippen molar-refractivity contribution in [3.8, 4) is 11.5 Å². The van der Waals surface area contributed by atoms with E-state index in [0.717, 1.165) is 36.1 Å². The molecule has 1 aromatic carbocycles. The summed E-state index contributed by atoms with van der Waals surface area (Å²) >= 11 is 0. The van der Waals surface area contributed by atoms with Crippen LogP contribution in [0, 0.1) is 5.41 Å². The molecule has 2 rings (SSSR count). The number of benzene rings is 1. The predicted octanol–water partition coefficient (Wildman–Crippen LogP) is 5.51. The van der Waals surface area contributed by atoms with Crippen LogP contribution in [-0.2, 0) is 14.4 Å². The van der Waals surface area contributed by atoms with E-state index >= 15 is 0 Å². The third kappa shape index (κ3) is 5.69. The van der Waals surface area contributed by atoms with Gasteiger partial charge in [0.05, 0.1) is 0 Å². The van der Waals surface area contributed by atoms with Crippen LogP contribution in [0.5, 0.6) is 11.5 Å². The van der Waals surface area contributed by atoms with Gasteiger partial charge in [0.25, 0.3) is 0 Å². The Morgan fingerprint density at radius 3 is 2.03 bits per heavy atom. The van der Waals surface area contributed by atoms with Crippen LogP contribution in [0.25, 0.3) is 5.76 Å². The van der Waals surface area contributed by atoms with Crippen LogP contribution in [0.15, 0.2) is 58.7 Å². The lowest BCUT2D eigenvalue weighted by Gasteiger charge is -2.22. The van der Waals surface area contributed by atoms with Crippen molar-refractivity contribution in [2.75, 3.05) is 0 Å². The molecule has 0 aromatic heterocycles. The molecule has 1 aliphatic rings. The van der Waals surface area contributed by atoms with Crippen molar-refractivity contribution in [2.45, 2.75) is 60.3 Å². The van der Waals surface area contributed by atoms with Gasteiger partial charge >= 0.3 is 0 Å². The Bertz CT molecular complexity index is 1090. The standard InChI is InChI=1S/C27H32O6/c1-16(2)7-6-8-18(5)12-14-27(13-11-17(3)4)25(32)22(24(31)26(27)33)23(30)19-9-10-20(28)21(29)15-19/h7,9-12,15,28-30H,6,8,13-14H2,1-5H3/b18-12+,23-22-/t27-/m0/s1. The number of aliphatic hydroxyl groups is 1. The average Bonchev–Trinajstić information content (AvgIpc) is 2.92. The fourth-order valence-corrected chi connectivity index (χ4v) is 3.68. The summed E-state index contributed by atoms with van der Waals surface area (Å²) in [6, 6.07) is 3.42. The highest BCUT2D eigenvalue weighted by molar-refractivity contribution is 6.62. The number of hydrogen-bond donors (Lipinski definition) is 3. The van der Waals surface area contributed by atoms with Gasteiger partial charge in [0.2, 0.25) is 11.6 Å². The molecule has 0 spiro atoms. The molecule has 1 fully saturated rings. The Kier molecular flexibility index (Phi) is 8.20. The lowest BCUT2D eigenvalue weighted by molar-refractivity contribution is -0.140. The molecule has 6 nitrogen and oxygen atoms in total. The lowest BCUT2D eigenvalue weighted by atomic mass is 9.76. The van der Waals surface area contributed by atoms with E-state index in [1.807, 2.05) is 40.7 Å². The Morgan fingerprint density at radius 2 is 1.45 bits per heavy atom. The van der Waals surface area contributed by atoms with Crippen LogP contribution in [0.4, 0.5) is 0 Å². The van der Waals surface area contributed by atoms with Gasteiger partial charge in [-0.3, -0.25) is 14.4 Å². The Labute approximate surface area is 194 Å². The minimum Gasteiger partial charge on any atom is -0.506 e. The largest absolute Gasteiger partial charge is 0.506 e. The number of phenolic OH excluding ortho intramolecular Hbond substituents is 2. The third-order valence-electron chi connectivity index (χ3n) is 5.76. The normalized spacial score (nSPS) is 20.2. The van der Waals surface area contributed by atoms with Crippen LogP contribution in [-0.4, -0.2) is 32.7 Å². The van der Waals surface area contributed by atoms with Gasteiger partial charge in [0.15, 0.2) is 17.3 Å². The van der Waals surface area contributed by atoms with E-state index in [-0.39, 0.29) is 18.4 Å². The molecule has 0 amide bonds. The zero-order valence-corrected chi connectivity index (χ0v) is 19.9. The number of carbonyl (C=O) groups excluding carboxylic acids is 3. The number of allylic oxidation sites excluding steroid dienone is 7. The molecule has 1 aliphatic carbocycles. The highest BCUT2D eigenvalue weighted by Gasteiger charge is 2.57. The fourth-order valence-electron chi connectivity index (χ4n) is 3.68. The van der Waals surface area contributed by atoms with Crippen LogP contribution >= 0.6 is 0 Å². The van der Waals surface area contributed by atoms with Gasteiger partial charge in [-0.2, -0.15) is 0 Å². The minimum absolute atomic E-state index is 0.0405. The SMILES string of the molecule is CC(C)=CCC/C(C)=C/C[C@]1(CC=C(C)C)C(=O)C(=O)/C(=C(/O)c2ccc(O)c(O)c2)C1=O. The lowest BCUT2D eigenvalue weighted by Crippen LogP contribution is -2.33. The van der Waals surface area contributed by atoms with Crippen molar-refractivity contribution >= 4 is 23.1 Å². The summed E-state index contributed by atoms with van der Waals surface area (Å²) in [6.07, 6.45) is 7.39. The molecular formula is C27H32O6. The van der Waals surface area contributed by atoms with Crippen molar-refractivity contribution in [2.24, 2.45) is 5.41 Å². The molecule has 0 unspecified atom stereocenters. The van der Waals surface area contributed by atoms with Crippen molar-refractivity contribution in [3.05, 3.63) is 64.3 Å². The van der Waals surface area contributed by atoms with E-state index in [4.69, 9.17) is 0 Å². The maximum atomic E-state index is 13.5. The summed E-state index contributed by atoms with van der Waals surface area (Å²) in [5.74, 6) is -4.23. The molecule has 1 saturated carbocycles. The van der Waals surface area contributed by atoms with Gasteiger partial charge < -0.3 is 15.3 Å². The van der Waals surface area contributed by atoms with Gasteiger partial charge in [0, 0.05) is 5.56 Å². The second kappa shape index (κ2) is 10.5. The topological polar surface area (TPSA) is 112 Å². The molecule has 0 saturated heterocycles. The molecule has 0 radical (unpaired) electrons. The molecule has 0 aliphatic heterocycles. The van der Waals surface area contributed by atoms with Gasteiger partial charge in [-0.05, 0) is 78.5 Å². The zero-order chi connectivity index (χ0) is 24.9. The molecule has 33 heavy (non-hydrogen) atoms. The first-order chi connectivity index (χ1) is 15.4. The molecule has 0 bridgehead atoms. The molecule has 1 atom stereocenters. The Balaban J connectivity index is 2.52.